The summed E-state index contributed by atoms with van der Waals surface area (Å²) in [6, 6.07) is -0.232. The molecule has 20 heavy (non-hydrogen) atoms. The molecule has 0 unspecified atom stereocenters. The van der Waals surface area contributed by atoms with Crippen LogP contribution in [0.2, 0.25) is 0 Å². The molecule has 8 heteroatoms. The monoisotopic (exact) mass is 290 g/mol. The quantitative estimate of drug-likeness (QED) is 0.896. The first-order valence-corrected chi connectivity index (χ1v) is 6.69. The predicted molar refractivity (Wildman–Crippen MR) is 65.0 cm³/mol. The van der Waals surface area contributed by atoms with Gasteiger partial charge in [-0.2, -0.15) is 13.2 Å². The smallest absolute Gasteiger partial charge is 0.347 e. The maximum absolute atomic E-state index is 12.5. The molecular formula is C12H17F3N4O. The number of aromatic nitrogens is 3. The number of carbonyl (C=O) groups excluding carboxylic acids is 1. The van der Waals surface area contributed by atoms with Gasteiger partial charge >= 0.3 is 6.18 Å². The molecule has 1 saturated carbocycles. The summed E-state index contributed by atoms with van der Waals surface area (Å²) in [5.74, 6) is -1.03. The summed E-state index contributed by atoms with van der Waals surface area (Å²) >= 11 is 0. The van der Waals surface area contributed by atoms with Crippen LogP contribution < -0.4 is 5.32 Å². The summed E-state index contributed by atoms with van der Waals surface area (Å²) in [4.78, 5) is 15.8. The van der Waals surface area contributed by atoms with Gasteiger partial charge in [0.1, 0.15) is 5.82 Å². The summed E-state index contributed by atoms with van der Waals surface area (Å²) in [7, 11) is 0. The van der Waals surface area contributed by atoms with Gasteiger partial charge in [-0.3, -0.25) is 9.89 Å². The third-order valence-corrected chi connectivity index (χ3v) is 3.60. The Morgan fingerprint density at radius 1 is 1.35 bits per heavy atom. The highest BCUT2D eigenvalue weighted by atomic mass is 19.4. The Bertz CT molecular complexity index is 464. The largest absolute Gasteiger partial charge is 0.391 e. The molecule has 0 aromatic carbocycles. The van der Waals surface area contributed by atoms with Crippen molar-refractivity contribution < 1.29 is 18.0 Å². The second-order valence-electron chi connectivity index (χ2n) is 5.02. The van der Waals surface area contributed by atoms with Crippen molar-refractivity contribution in [3.8, 4) is 0 Å². The topological polar surface area (TPSA) is 70.7 Å². The van der Waals surface area contributed by atoms with Crippen molar-refractivity contribution in [2.45, 2.75) is 51.2 Å². The number of rotatable bonds is 3. The van der Waals surface area contributed by atoms with Gasteiger partial charge in [0, 0.05) is 12.5 Å². The van der Waals surface area contributed by atoms with Crippen molar-refractivity contribution in [2.75, 3.05) is 0 Å². The van der Waals surface area contributed by atoms with Crippen LogP contribution in [0.3, 0.4) is 0 Å². The number of H-pyrrole nitrogens is 1. The number of alkyl halides is 3. The van der Waals surface area contributed by atoms with E-state index in [0.29, 0.717) is 25.1 Å². The third kappa shape index (κ3) is 3.49. The van der Waals surface area contributed by atoms with Crippen molar-refractivity contribution in [2.24, 2.45) is 5.92 Å². The number of carbonyl (C=O) groups is 1. The van der Waals surface area contributed by atoms with Crippen LogP contribution in [0.15, 0.2) is 0 Å². The van der Waals surface area contributed by atoms with Crippen molar-refractivity contribution in [1.29, 1.82) is 0 Å². The van der Waals surface area contributed by atoms with Crippen molar-refractivity contribution in [1.82, 2.24) is 20.5 Å². The van der Waals surface area contributed by atoms with Crippen LogP contribution in [-0.2, 0) is 6.42 Å². The molecule has 0 atom stereocenters. The highest BCUT2D eigenvalue weighted by Gasteiger charge is 2.41. The minimum Gasteiger partial charge on any atom is -0.347 e. The number of nitrogens with one attached hydrogen (secondary N) is 2. The molecule has 1 amide bonds. The molecule has 0 aliphatic heterocycles. The highest BCUT2D eigenvalue weighted by molar-refractivity contribution is 5.90. The second-order valence-corrected chi connectivity index (χ2v) is 5.02. The molecule has 0 radical (unpaired) electrons. The van der Waals surface area contributed by atoms with Crippen LogP contribution >= 0.6 is 0 Å². The van der Waals surface area contributed by atoms with Crippen LogP contribution in [0.5, 0.6) is 0 Å². The molecule has 0 saturated heterocycles. The van der Waals surface area contributed by atoms with E-state index < -0.39 is 18.0 Å². The van der Waals surface area contributed by atoms with Crippen LogP contribution in [0.1, 0.15) is 49.1 Å². The molecule has 1 aliphatic carbocycles. The predicted octanol–water partition coefficient (Wildman–Crippen LogP) is 2.22. The number of nitrogens with zero attached hydrogens (tertiary/aromatic N) is 2. The fraction of sp³-hybridized carbons (Fsp3) is 0.750. The van der Waals surface area contributed by atoms with Crippen LogP contribution in [0, 0.1) is 5.92 Å². The lowest BCUT2D eigenvalue weighted by atomic mass is 9.85. The van der Waals surface area contributed by atoms with E-state index in [4.69, 9.17) is 0 Å². The zero-order valence-corrected chi connectivity index (χ0v) is 11.1. The number of hydrogen-bond donors (Lipinski definition) is 2. The molecule has 0 spiro atoms. The second kappa shape index (κ2) is 5.80. The Labute approximate surface area is 114 Å². The van der Waals surface area contributed by atoms with Gasteiger partial charge in [-0.15, -0.1) is 5.10 Å². The molecule has 1 aromatic rings. The Morgan fingerprint density at radius 3 is 2.50 bits per heavy atom. The van der Waals surface area contributed by atoms with Gasteiger partial charge in [-0.25, -0.2) is 4.98 Å². The fourth-order valence-electron chi connectivity index (χ4n) is 2.37. The van der Waals surface area contributed by atoms with Crippen LogP contribution in [0.25, 0.3) is 0 Å². The zero-order chi connectivity index (χ0) is 14.8. The first kappa shape index (κ1) is 14.8. The summed E-state index contributed by atoms with van der Waals surface area (Å²) in [5.41, 5.74) is 0. The number of aromatic amines is 1. The Hall–Kier alpha value is -1.60. The fourth-order valence-corrected chi connectivity index (χ4v) is 2.37. The normalized spacial score (nSPS) is 23.6. The Kier molecular flexibility index (Phi) is 4.29. The van der Waals surface area contributed by atoms with E-state index in [1.807, 2.05) is 6.92 Å². The van der Waals surface area contributed by atoms with Crippen molar-refractivity contribution in [3.63, 3.8) is 0 Å². The SMILES string of the molecule is CCc1nc(C(=O)NC2CCC(C(F)(F)F)CC2)n[nH]1. The lowest BCUT2D eigenvalue weighted by molar-refractivity contribution is -0.182. The summed E-state index contributed by atoms with van der Waals surface area (Å²) in [5, 5.41) is 9.10. The van der Waals surface area contributed by atoms with Crippen molar-refractivity contribution >= 4 is 5.91 Å². The van der Waals surface area contributed by atoms with E-state index >= 15 is 0 Å². The van der Waals surface area contributed by atoms with E-state index in [0.717, 1.165) is 0 Å². The molecule has 0 bridgehead atoms. The minimum atomic E-state index is -4.13. The zero-order valence-electron chi connectivity index (χ0n) is 11.1. The van der Waals surface area contributed by atoms with Gasteiger partial charge in [0.2, 0.25) is 5.82 Å². The first-order chi connectivity index (χ1) is 9.40. The molecule has 1 aliphatic rings. The number of halogens is 3. The van der Waals surface area contributed by atoms with E-state index in [9.17, 15) is 18.0 Å². The van der Waals surface area contributed by atoms with E-state index in [1.54, 1.807) is 0 Å². The molecule has 1 fully saturated rings. The van der Waals surface area contributed by atoms with E-state index in [-0.39, 0.29) is 24.7 Å². The summed E-state index contributed by atoms with van der Waals surface area (Å²) in [6.45, 7) is 1.88. The molecule has 2 N–H and O–H groups in total. The maximum atomic E-state index is 12.5. The molecule has 2 rings (SSSR count). The standard InChI is InChI=1S/C12H17F3N4O/c1-2-9-17-10(19-18-9)11(20)16-8-5-3-7(4-6-8)12(13,14)15/h7-8H,2-6H2,1H3,(H,16,20)(H,17,18,19). The van der Waals surface area contributed by atoms with Crippen molar-refractivity contribution in [3.05, 3.63) is 11.6 Å². The first-order valence-electron chi connectivity index (χ1n) is 6.69. The van der Waals surface area contributed by atoms with Crippen LogP contribution in [-0.4, -0.2) is 33.3 Å². The average molecular weight is 290 g/mol. The van der Waals surface area contributed by atoms with E-state index in [1.165, 1.54) is 0 Å². The molecule has 112 valence electrons. The van der Waals surface area contributed by atoms with Gasteiger partial charge < -0.3 is 5.32 Å². The Morgan fingerprint density at radius 2 is 2.00 bits per heavy atom. The third-order valence-electron chi connectivity index (χ3n) is 3.60. The Balaban J connectivity index is 1.85. The van der Waals surface area contributed by atoms with Gasteiger partial charge in [-0.05, 0) is 25.7 Å². The molecule has 1 aromatic heterocycles. The number of hydrogen-bond acceptors (Lipinski definition) is 3. The number of aryl methyl sites for hydroxylation is 1. The molecule has 5 nitrogen and oxygen atoms in total. The van der Waals surface area contributed by atoms with Gasteiger partial charge in [0.25, 0.3) is 5.91 Å². The maximum Gasteiger partial charge on any atom is 0.391 e. The molecule has 1 heterocycles. The number of amides is 1. The average Bonchev–Trinajstić information content (AvgIpc) is 2.87. The van der Waals surface area contributed by atoms with Gasteiger partial charge in [0.15, 0.2) is 0 Å². The van der Waals surface area contributed by atoms with E-state index in [2.05, 4.69) is 20.5 Å². The highest BCUT2D eigenvalue weighted by Crippen LogP contribution is 2.37. The molecular weight excluding hydrogens is 273 g/mol. The lowest BCUT2D eigenvalue weighted by Crippen LogP contribution is -2.40. The summed E-state index contributed by atoms with van der Waals surface area (Å²) < 4.78 is 37.6. The van der Waals surface area contributed by atoms with Crippen LogP contribution in [0.4, 0.5) is 13.2 Å². The lowest BCUT2D eigenvalue weighted by Gasteiger charge is -2.29. The summed E-state index contributed by atoms with van der Waals surface area (Å²) in [6.07, 6.45) is -2.71. The van der Waals surface area contributed by atoms with Gasteiger partial charge in [-0.1, -0.05) is 6.92 Å². The minimum absolute atomic E-state index is 0.0415. The van der Waals surface area contributed by atoms with Gasteiger partial charge in [0.05, 0.1) is 5.92 Å².